The summed E-state index contributed by atoms with van der Waals surface area (Å²) < 4.78 is 11.7. The van der Waals surface area contributed by atoms with Crippen LogP contribution in [0.3, 0.4) is 0 Å². The molecule has 4 heteroatoms. The molecule has 0 unspecified atom stereocenters. The molecule has 0 radical (unpaired) electrons. The highest BCUT2D eigenvalue weighted by Crippen LogP contribution is 2.42. The molecule has 1 amide bonds. The first-order valence-corrected chi connectivity index (χ1v) is 8.90. The fourth-order valence-corrected chi connectivity index (χ4v) is 4.53. The second kappa shape index (κ2) is 6.06. The average molecular weight is 315 g/mol. The normalized spacial score (nSPS) is 27.5. The van der Waals surface area contributed by atoms with Crippen LogP contribution in [0.25, 0.3) is 0 Å². The zero-order valence-corrected chi connectivity index (χ0v) is 13.8. The summed E-state index contributed by atoms with van der Waals surface area (Å²) in [6.45, 7) is 0.902. The maximum atomic E-state index is 11.9. The van der Waals surface area contributed by atoms with Gasteiger partial charge in [-0.15, -0.1) is 0 Å². The molecule has 2 aliphatic heterocycles. The van der Waals surface area contributed by atoms with Crippen molar-refractivity contribution in [3.05, 3.63) is 23.8 Å². The predicted octanol–water partition coefficient (Wildman–Crippen LogP) is 3.49. The van der Waals surface area contributed by atoms with Crippen LogP contribution >= 0.6 is 0 Å². The summed E-state index contributed by atoms with van der Waals surface area (Å²) in [7, 11) is 1.70. The van der Waals surface area contributed by atoms with Gasteiger partial charge in [0.2, 0.25) is 5.91 Å². The fraction of sp³-hybridized carbons (Fsp3) is 0.632. The fourth-order valence-electron chi connectivity index (χ4n) is 4.53. The van der Waals surface area contributed by atoms with Crippen LogP contribution in [0, 0.1) is 0 Å². The van der Waals surface area contributed by atoms with Gasteiger partial charge < -0.3 is 14.4 Å². The number of carbonyl (C=O) groups excluding carboxylic acids is 1. The van der Waals surface area contributed by atoms with Crippen LogP contribution in [-0.2, 0) is 4.79 Å². The number of methoxy groups -OCH3 is 1. The largest absolute Gasteiger partial charge is 0.493 e. The molecule has 2 atom stereocenters. The standard InChI is InChI=1S/C19H25NO3/c1-22-17-8-6-13(12-18(17)23-14-4-2-3-5-14)15-10-11-20-16(15)7-9-19(20)21/h6,8,12,14-16H,2-5,7,9-11H2,1H3/t15-,16+/m1/s1. The van der Waals surface area contributed by atoms with E-state index in [1.807, 2.05) is 6.07 Å². The molecule has 1 saturated carbocycles. The highest BCUT2D eigenvalue weighted by atomic mass is 16.5. The van der Waals surface area contributed by atoms with Crippen LogP contribution in [0.1, 0.15) is 56.4 Å². The molecule has 1 aliphatic carbocycles. The van der Waals surface area contributed by atoms with Gasteiger partial charge in [-0.2, -0.15) is 0 Å². The van der Waals surface area contributed by atoms with Gasteiger partial charge >= 0.3 is 0 Å². The van der Waals surface area contributed by atoms with Gasteiger partial charge in [-0.1, -0.05) is 6.07 Å². The molecule has 3 fully saturated rings. The van der Waals surface area contributed by atoms with Crippen LogP contribution in [0.15, 0.2) is 18.2 Å². The Labute approximate surface area is 137 Å². The molecule has 4 nitrogen and oxygen atoms in total. The number of hydrogen-bond acceptors (Lipinski definition) is 3. The van der Waals surface area contributed by atoms with Gasteiger partial charge in [0, 0.05) is 24.9 Å². The topological polar surface area (TPSA) is 38.8 Å². The summed E-state index contributed by atoms with van der Waals surface area (Å²) in [6.07, 6.45) is 7.89. The van der Waals surface area contributed by atoms with Crippen LogP contribution in [0.5, 0.6) is 11.5 Å². The lowest BCUT2D eigenvalue weighted by atomic mass is 9.90. The number of benzene rings is 1. The van der Waals surface area contributed by atoms with E-state index in [0.717, 1.165) is 43.7 Å². The van der Waals surface area contributed by atoms with Gasteiger partial charge in [0.15, 0.2) is 11.5 Å². The third kappa shape index (κ3) is 2.68. The molecule has 124 valence electrons. The highest BCUT2D eigenvalue weighted by Gasteiger charge is 2.42. The first-order chi connectivity index (χ1) is 11.3. The van der Waals surface area contributed by atoms with Crippen molar-refractivity contribution in [3.63, 3.8) is 0 Å². The summed E-state index contributed by atoms with van der Waals surface area (Å²) in [5, 5.41) is 0. The second-order valence-electron chi connectivity index (χ2n) is 7.02. The minimum Gasteiger partial charge on any atom is -0.493 e. The van der Waals surface area contributed by atoms with E-state index in [9.17, 15) is 4.79 Å². The van der Waals surface area contributed by atoms with Gasteiger partial charge in [-0.25, -0.2) is 0 Å². The van der Waals surface area contributed by atoms with Crippen LogP contribution in [0.2, 0.25) is 0 Å². The third-order valence-electron chi connectivity index (χ3n) is 5.73. The lowest BCUT2D eigenvalue weighted by Crippen LogP contribution is -2.28. The zero-order valence-electron chi connectivity index (χ0n) is 13.8. The summed E-state index contributed by atoms with van der Waals surface area (Å²) in [4.78, 5) is 14.0. The van der Waals surface area contributed by atoms with Crippen molar-refractivity contribution in [2.75, 3.05) is 13.7 Å². The molecule has 4 rings (SSSR count). The Hall–Kier alpha value is -1.71. The van der Waals surface area contributed by atoms with Gasteiger partial charge in [0.1, 0.15) is 0 Å². The van der Waals surface area contributed by atoms with Gasteiger partial charge in [0.25, 0.3) is 0 Å². The van der Waals surface area contributed by atoms with Crippen LogP contribution in [0.4, 0.5) is 0 Å². The number of ether oxygens (including phenoxy) is 2. The van der Waals surface area contributed by atoms with Crippen LogP contribution < -0.4 is 9.47 Å². The van der Waals surface area contributed by atoms with Crippen molar-refractivity contribution >= 4 is 5.91 Å². The predicted molar refractivity (Wildman–Crippen MR) is 88.0 cm³/mol. The molecular formula is C19H25NO3. The first kappa shape index (κ1) is 14.9. The average Bonchev–Trinajstić information content (AvgIpc) is 3.27. The molecule has 0 N–H and O–H groups in total. The van der Waals surface area contributed by atoms with E-state index >= 15 is 0 Å². The molecule has 0 spiro atoms. The molecule has 0 aromatic heterocycles. The summed E-state index contributed by atoms with van der Waals surface area (Å²) in [6, 6.07) is 6.72. The minimum atomic E-state index is 0.326. The number of hydrogen-bond donors (Lipinski definition) is 0. The number of rotatable bonds is 4. The number of fused-ring (bicyclic) bond motifs is 1. The Bertz CT molecular complexity index is 594. The zero-order chi connectivity index (χ0) is 15.8. The summed E-state index contributed by atoms with van der Waals surface area (Å²) >= 11 is 0. The van der Waals surface area contributed by atoms with Gasteiger partial charge in [0.05, 0.1) is 13.2 Å². The molecular weight excluding hydrogens is 290 g/mol. The van der Waals surface area contributed by atoms with Crippen molar-refractivity contribution in [3.8, 4) is 11.5 Å². The maximum absolute atomic E-state index is 11.9. The molecule has 2 heterocycles. The second-order valence-corrected chi connectivity index (χ2v) is 7.02. The lowest BCUT2D eigenvalue weighted by Gasteiger charge is -2.22. The van der Waals surface area contributed by atoms with E-state index in [1.54, 1.807) is 7.11 Å². The van der Waals surface area contributed by atoms with Gasteiger partial charge in [-0.3, -0.25) is 4.79 Å². The van der Waals surface area contributed by atoms with E-state index in [-0.39, 0.29) is 0 Å². The van der Waals surface area contributed by atoms with Crippen molar-refractivity contribution in [1.29, 1.82) is 0 Å². The Morgan fingerprint density at radius 2 is 1.91 bits per heavy atom. The van der Waals surface area contributed by atoms with Crippen molar-refractivity contribution in [2.24, 2.45) is 0 Å². The number of nitrogens with zero attached hydrogens (tertiary/aromatic N) is 1. The smallest absolute Gasteiger partial charge is 0.222 e. The van der Waals surface area contributed by atoms with E-state index in [4.69, 9.17) is 9.47 Å². The monoisotopic (exact) mass is 315 g/mol. The molecule has 2 saturated heterocycles. The SMILES string of the molecule is COc1ccc([C@H]2CCN3C(=O)CC[C@@H]23)cc1OC1CCCC1. The Morgan fingerprint density at radius 3 is 2.70 bits per heavy atom. The van der Waals surface area contributed by atoms with E-state index < -0.39 is 0 Å². The molecule has 1 aromatic carbocycles. The van der Waals surface area contributed by atoms with Gasteiger partial charge in [-0.05, 0) is 56.2 Å². The van der Waals surface area contributed by atoms with E-state index in [1.165, 1.54) is 18.4 Å². The lowest BCUT2D eigenvalue weighted by molar-refractivity contribution is -0.127. The van der Waals surface area contributed by atoms with E-state index in [2.05, 4.69) is 17.0 Å². The van der Waals surface area contributed by atoms with Crippen molar-refractivity contribution in [1.82, 2.24) is 4.90 Å². The maximum Gasteiger partial charge on any atom is 0.222 e. The number of carbonyl (C=O) groups is 1. The summed E-state index contributed by atoms with van der Waals surface area (Å²) in [5.41, 5.74) is 1.29. The van der Waals surface area contributed by atoms with Crippen molar-refractivity contribution < 1.29 is 14.3 Å². The molecule has 1 aromatic rings. The quantitative estimate of drug-likeness (QED) is 0.853. The molecule has 0 bridgehead atoms. The molecule has 23 heavy (non-hydrogen) atoms. The minimum absolute atomic E-state index is 0.326. The third-order valence-corrected chi connectivity index (χ3v) is 5.73. The Kier molecular flexibility index (Phi) is 3.92. The Balaban J connectivity index is 1.58. The Morgan fingerprint density at radius 1 is 1.09 bits per heavy atom. The summed E-state index contributed by atoms with van der Waals surface area (Å²) in [5.74, 6) is 2.46. The molecule has 3 aliphatic rings. The number of amides is 1. The van der Waals surface area contributed by atoms with E-state index in [0.29, 0.717) is 30.4 Å². The first-order valence-electron chi connectivity index (χ1n) is 8.90. The van der Waals surface area contributed by atoms with Crippen LogP contribution in [-0.4, -0.2) is 36.6 Å². The van der Waals surface area contributed by atoms with Crippen molar-refractivity contribution in [2.45, 2.75) is 63.0 Å². The highest BCUT2D eigenvalue weighted by molar-refractivity contribution is 5.79.